The number of alkyl halides is 3. The van der Waals surface area contributed by atoms with E-state index in [0.29, 0.717) is 17.1 Å². The van der Waals surface area contributed by atoms with Crippen LogP contribution in [0.15, 0.2) is 48.7 Å². The molecule has 0 spiro atoms. The molecule has 1 aromatic carbocycles. The van der Waals surface area contributed by atoms with Crippen LogP contribution in [-0.2, 0) is 0 Å². The molecule has 0 saturated heterocycles. The van der Waals surface area contributed by atoms with Crippen molar-refractivity contribution in [3.05, 3.63) is 48.7 Å². The van der Waals surface area contributed by atoms with Crippen LogP contribution < -0.4 is 9.47 Å². The smallest absolute Gasteiger partial charge is 0.422 e. The third kappa shape index (κ3) is 4.06. The van der Waals surface area contributed by atoms with Crippen molar-refractivity contribution < 1.29 is 22.6 Å². The first kappa shape index (κ1) is 16.7. The van der Waals surface area contributed by atoms with Gasteiger partial charge in [0.1, 0.15) is 11.4 Å². The Bertz CT molecular complexity index is 833. The van der Waals surface area contributed by atoms with Crippen molar-refractivity contribution in [1.29, 1.82) is 0 Å². The molecule has 0 bridgehead atoms. The molecular formula is C16H13F3N4O2. The lowest BCUT2D eigenvalue weighted by Crippen LogP contribution is -2.19. The molecular weight excluding hydrogens is 337 g/mol. The van der Waals surface area contributed by atoms with Crippen LogP contribution in [0.25, 0.3) is 17.2 Å². The van der Waals surface area contributed by atoms with Crippen molar-refractivity contribution in [2.75, 3.05) is 13.7 Å². The van der Waals surface area contributed by atoms with Gasteiger partial charge < -0.3 is 9.47 Å². The summed E-state index contributed by atoms with van der Waals surface area (Å²) in [5.74, 6) is 0.903. The van der Waals surface area contributed by atoms with Crippen LogP contribution in [0.4, 0.5) is 13.2 Å². The summed E-state index contributed by atoms with van der Waals surface area (Å²) in [4.78, 5) is 8.20. The van der Waals surface area contributed by atoms with E-state index in [4.69, 9.17) is 4.74 Å². The van der Waals surface area contributed by atoms with Crippen LogP contribution in [0.5, 0.6) is 11.8 Å². The van der Waals surface area contributed by atoms with Gasteiger partial charge in [-0.2, -0.15) is 18.2 Å². The number of hydrogen-bond acceptors (Lipinski definition) is 5. The summed E-state index contributed by atoms with van der Waals surface area (Å²) >= 11 is 0. The lowest BCUT2D eigenvalue weighted by Gasteiger charge is -2.06. The van der Waals surface area contributed by atoms with E-state index in [-0.39, 0.29) is 11.8 Å². The van der Waals surface area contributed by atoms with E-state index in [0.717, 1.165) is 0 Å². The Labute approximate surface area is 140 Å². The highest BCUT2D eigenvalue weighted by atomic mass is 19.4. The Balaban J connectivity index is 2.00. The normalized spacial score (nSPS) is 11.4. The predicted octanol–water partition coefficient (Wildman–Crippen LogP) is 3.28. The first-order valence-corrected chi connectivity index (χ1v) is 7.19. The van der Waals surface area contributed by atoms with E-state index in [9.17, 15) is 13.2 Å². The summed E-state index contributed by atoms with van der Waals surface area (Å²) in [5, 5.41) is 4.02. The number of hydrogen-bond donors (Lipinski definition) is 0. The Morgan fingerprint density at radius 3 is 2.44 bits per heavy atom. The molecule has 0 N–H and O–H groups in total. The van der Waals surface area contributed by atoms with E-state index in [1.54, 1.807) is 48.7 Å². The second-order valence-electron chi connectivity index (χ2n) is 4.95. The maximum Gasteiger partial charge on any atom is 0.422 e. The van der Waals surface area contributed by atoms with Gasteiger partial charge in [-0.1, -0.05) is 6.07 Å². The highest BCUT2D eigenvalue weighted by molar-refractivity contribution is 5.54. The van der Waals surface area contributed by atoms with E-state index in [2.05, 4.69) is 19.8 Å². The predicted molar refractivity (Wildman–Crippen MR) is 82.7 cm³/mol. The largest absolute Gasteiger partial charge is 0.497 e. The van der Waals surface area contributed by atoms with Crippen molar-refractivity contribution in [3.63, 3.8) is 0 Å². The number of nitrogens with zero attached hydrogens (tertiary/aromatic N) is 4. The van der Waals surface area contributed by atoms with Gasteiger partial charge in [-0.3, -0.25) is 4.98 Å². The number of aromatic nitrogens is 4. The molecule has 9 heteroatoms. The van der Waals surface area contributed by atoms with Gasteiger partial charge in [0.2, 0.25) is 0 Å². The zero-order valence-corrected chi connectivity index (χ0v) is 13.1. The van der Waals surface area contributed by atoms with Crippen LogP contribution in [0.2, 0.25) is 0 Å². The second kappa shape index (κ2) is 6.80. The molecule has 0 saturated carbocycles. The molecule has 0 unspecified atom stereocenters. The Morgan fingerprint density at radius 1 is 1.08 bits per heavy atom. The summed E-state index contributed by atoms with van der Waals surface area (Å²) < 4.78 is 48.2. The maximum atomic E-state index is 12.4. The second-order valence-corrected chi connectivity index (χ2v) is 4.95. The molecule has 3 rings (SSSR count). The third-order valence-electron chi connectivity index (χ3n) is 3.16. The molecule has 0 aliphatic heterocycles. The fourth-order valence-corrected chi connectivity index (χ4v) is 2.06. The quantitative estimate of drug-likeness (QED) is 0.707. The molecule has 0 fully saturated rings. The number of ether oxygens (including phenoxy) is 2. The van der Waals surface area contributed by atoms with Gasteiger partial charge in [0.05, 0.1) is 12.8 Å². The van der Waals surface area contributed by atoms with E-state index in [1.165, 1.54) is 11.8 Å². The standard InChI is InChI=1S/C16H13F3N4O2/c1-24-12-7-5-11(6-8-12)23-14(13-4-2-3-9-20-13)21-15(22-23)25-10-16(17,18)19/h2-9H,10H2,1H3. The van der Waals surface area contributed by atoms with Crippen LogP contribution in [-0.4, -0.2) is 39.6 Å². The minimum absolute atomic E-state index is 0.267. The first-order valence-electron chi connectivity index (χ1n) is 7.19. The van der Waals surface area contributed by atoms with Crippen LogP contribution in [0.1, 0.15) is 0 Å². The van der Waals surface area contributed by atoms with Crippen molar-refractivity contribution in [1.82, 2.24) is 19.7 Å². The zero-order chi connectivity index (χ0) is 17.9. The molecule has 0 atom stereocenters. The van der Waals surface area contributed by atoms with Gasteiger partial charge in [-0.15, -0.1) is 5.10 Å². The van der Waals surface area contributed by atoms with E-state index in [1.807, 2.05) is 0 Å². The van der Waals surface area contributed by atoms with Gasteiger partial charge in [0.15, 0.2) is 12.4 Å². The van der Waals surface area contributed by atoms with Gasteiger partial charge in [0.25, 0.3) is 0 Å². The highest BCUT2D eigenvalue weighted by Crippen LogP contribution is 2.24. The molecule has 2 heterocycles. The molecule has 0 amide bonds. The first-order chi connectivity index (χ1) is 12.0. The SMILES string of the molecule is COc1ccc(-n2nc(OCC(F)(F)F)nc2-c2ccccn2)cc1. The van der Waals surface area contributed by atoms with Crippen molar-refractivity contribution in [2.45, 2.75) is 6.18 Å². The summed E-state index contributed by atoms with van der Waals surface area (Å²) in [6.07, 6.45) is -2.92. The number of methoxy groups -OCH3 is 1. The highest BCUT2D eigenvalue weighted by Gasteiger charge is 2.29. The Morgan fingerprint density at radius 2 is 1.84 bits per heavy atom. The fraction of sp³-hybridized carbons (Fsp3) is 0.188. The van der Waals surface area contributed by atoms with E-state index >= 15 is 0 Å². The maximum absolute atomic E-state index is 12.4. The average Bonchev–Trinajstić information content (AvgIpc) is 3.05. The number of benzene rings is 1. The Kier molecular flexibility index (Phi) is 4.55. The van der Waals surface area contributed by atoms with Crippen molar-refractivity contribution in [2.24, 2.45) is 0 Å². The number of pyridine rings is 1. The zero-order valence-electron chi connectivity index (χ0n) is 13.1. The molecule has 0 aliphatic carbocycles. The summed E-state index contributed by atoms with van der Waals surface area (Å²) in [6, 6.07) is 11.6. The summed E-state index contributed by atoms with van der Waals surface area (Å²) in [7, 11) is 1.53. The molecule has 130 valence electrons. The Hall–Kier alpha value is -3.10. The topological polar surface area (TPSA) is 62.1 Å². The summed E-state index contributed by atoms with van der Waals surface area (Å²) in [6.45, 7) is -1.47. The van der Waals surface area contributed by atoms with Crippen molar-refractivity contribution in [3.8, 4) is 29.0 Å². The van der Waals surface area contributed by atoms with Gasteiger partial charge >= 0.3 is 12.2 Å². The molecule has 25 heavy (non-hydrogen) atoms. The number of rotatable bonds is 5. The van der Waals surface area contributed by atoms with Gasteiger partial charge in [-0.05, 0) is 36.4 Å². The number of halogens is 3. The monoisotopic (exact) mass is 350 g/mol. The average molecular weight is 350 g/mol. The third-order valence-corrected chi connectivity index (χ3v) is 3.16. The van der Waals surface area contributed by atoms with Crippen LogP contribution in [0, 0.1) is 0 Å². The molecule has 2 aromatic heterocycles. The lowest BCUT2D eigenvalue weighted by molar-refractivity contribution is -0.154. The molecule has 0 radical (unpaired) electrons. The summed E-state index contributed by atoms with van der Waals surface area (Å²) in [5.41, 5.74) is 1.03. The van der Waals surface area contributed by atoms with Crippen molar-refractivity contribution >= 4 is 0 Å². The van der Waals surface area contributed by atoms with Gasteiger partial charge in [-0.25, -0.2) is 4.68 Å². The molecule has 3 aromatic rings. The molecule has 6 nitrogen and oxygen atoms in total. The van der Waals surface area contributed by atoms with E-state index < -0.39 is 12.8 Å². The molecule has 0 aliphatic rings. The minimum atomic E-state index is -4.48. The fourth-order valence-electron chi connectivity index (χ4n) is 2.06. The minimum Gasteiger partial charge on any atom is -0.497 e. The lowest BCUT2D eigenvalue weighted by atomic mass is 10.3. The van der Waals surface area contributed by atoms with Crippen LogP contribution in [0.3, 0.4) is 0 Å². The van der Waals surface area contributed by atoms with Crippen LogP contribution >= 0.6 is 0 Å². The van der Waals surface area contributed by atoms with Gasteiger partial charge in [0, 0.05) is 6.20 Å².